The summed E-state index contributed by atoms with van der Waals surface area (Å²) in [6.45, 7) is 0.841. The summed E-state index contributed by atoms with van der Waals surface area (Å²) in [5, 5.41) is 0. The first-order valence-electron chi connectivity index (χ1n) is 7.94. The number of rotatable bonds is 8. The zero-order valence-electron chi connectivity index (χ0n) is 15.2. The van der Waals surface area contributed by atoms with Gasteiger partial charge in [-0.15, -0.1) is 0 Å². The molecule has 0 saturated heterocycles. The van der Waals surface area contributed by atoms with Crippen LogP contribution in [0.15, 0.2) is 36.4 Å². The molecule has 0 atom stereocenters. The Bertz CT molecular complexity index is 748. The van der Waals surface area contributed by atoms with Gasteiger partial charge in [0.05, 0.1) is 33.4 Å². The molecule has 0 heterocycles. The summed E-state index contributed by atoms with van der Waals surface area (Å²) in [4.78, 5) is 14.3. The van der Waals surface area contributed by atoms with Crippen molar-refractivity contribution in [3.05, 3.63) is 45.5 Å². The van der Waals surface area contributed by atoms with Crippen molar-refractivity contribution in [3.8, 4) is 23.0 Å². The molecule has 26 heavy (non-hydrogen) atoms. The van der Waals surface area contributed by atoms with Crippen LogP contribution in [0.5, 0.6) is 23.0 Å². The molecule has 0 unspecified atom stereocenters. The summed E-state index contributed by atoms with van der Waals surface area (Å²) >= 11 is 2.12. The first-order valence-corrected chi connectivity index (χ1v) is 9.01. The van der Waals surface area contributed by atoms with Crippen molar-refractivity contribution in [2.24, 2.45) is 0 Å². The molecule has 1 amide bonds. The third kappa shape index (κ3) is 4.94. The fourth-order valence-electron chi connectivity index (χ4n) is 2.30. The van der Waals surface area contributed by atoms with E-state index in [1.807, 2.05) is 24.3 Å². The van der Waals surface area contributed by atoms with Gasteiger partial charge in [-0.2, -0.15) is 0 Å². The standard InChI is InChI=1S/C19H22INO5/c1-21(9-10-26-14-7-5-13(23-2)6-8-14)19(22)15-11-17(24-3)18(25-4)12-16(15)20/h5-8,11-12H,9-10H2,1-4H3. The SMILES string of the molecule is COc1ccc(OCCN(C)C(=O)c2cc(OC)c(OC)cc2I)cc1. The van der Waals surface area contributed by atoms with E-state index >= 15 is 0 Å². The van der Waals surface area contributed by atoms with E-state index in [-0.39, 0.29) is 5.91 Å². The fraction of sp³-hybridized carbons (Fsp3) is 0.316. The van der Waals surface area contributed by atoms with Crippen LogP contribution in [0.25, 0.3) is 0 Å². The topological polar surface area (TPSA) is 57.2 Å². The molecule has 0 radical (unpaired) electrons. The smallest absolute Gasteiger partial charge is 0.254 e. The van der Waals surface area contributed by atoms with Crippen molar-refractivity contribution in [2.75, 3.05) is 41.5 Å². The highest BCUT2D eigenvalue weighted by Crippen LogP contribution is 2.31. The average Bonchev–Trinajstić information content (AvgIpc) is 2.67. The van der Waals surface area contributed by atoms with E-state index in [1.54, 1.807) is 45.4 Å². The van der Waals surface area contributed by atoms with Gasteiger partial charge in [0.2, 0.25) is 0 Å². The third-order valence-electron chi connectivity index (χ3n) is 3.81. The Hall–Kier alpha value is -2.16. The molecular weight excluding hydrogens is 449 g/mol. The van der Waals surface area contributed by atoms with Gasteiger partial charge < -0.3 is 23.8 Å². The van der Waals surface area contributed by atoms with Crippen LogP contribution in [0.2, 0.25) is 0 Å². The lowest BCUT2D eigenvalue weighted by Crippen LogP contribution is -2.31. The lowest BCUT2D eigenvalue weighted by Gasteiger charge is -2.19. The molecule has 0 bridgehead atoms. The number of carbonyl (C=O) groups excluding carboxylic acids is 1. The number of likely N-dealkylation sites (N-methyl/N-ethyl adjacent to an activating group) is 1. The van der Waals surface area contributed by atoms with Gasteiger partial charge in [-0.1, -0.05) is 0 Å². The summed E-state index contributed by atoms with van der Waals surface area (Å²) in [6, 6.07) is 10.8. The second kappa shape index (κ2) is 9.51. The number of amides is 1. The number of nitrogens with zero attached hydrogens (tertiary/aromatic N) is 1. The van der Waals surface area contributed by atoms with E-state index in [1.165, 1.54) is 0 Å². The van der Waals surface area contributed by atoms with E-state index in [0.717, 1.165) is 15.1 Å². The maximum Gasteiger partial charge on any atom is 0.254 e. The normalized spacial score (nSPS) is 10.2. The van der Waals surface area contributed by atoms with E-state index < -0.39 is 0 Å². The van der Waals surface area contributed by atoms with Crippen LogP contribution in [0.3, 0.4) is 0 Å². The molecule has 0 aliphatic carbocycles. The zero-order valence-corrected chi connectivity index (χ0v) is 17.4. The van der Waals surface area contributed by atoms with Crippen LogP contribution in [0, 0.1) is 3.57 Å². The second-order valence-electron chi connectivity index (χ2n) is 5.44. The highest BCUT2D eigenvalue weighted by Gasteiger charge is 2.18. The van der Waals surface area contributed by atoms with Crippen LogP contribution in [0.1, 0.15) is 10.4 Å². The molecular formula is C19H22INO5. The molecule has 140 valence electrons. The van der Waals surface area contributed by atoms with Gasteiger partial charge in [-0.25, -0.2) is 0 Å². The number of hydrogen-bond donors (Lipinski definition) is 0. The molecule has 0 aliphatic rings. The van der Waals surface area contributed by atoms with Crippen LogP contribution in [-0.2, 0) is 0 Å². The van der Waals surface area contributed by atoms with Crippen molar-refractivity contribution in [1.29, 1.82) is 0 Å². The van der Waals surface area contributed by atoms with Crippen molar-refractivity contribution in [1.82, 2.24) is 4.90 Å². The van der Waals surface area contributed by atoms with Crippen LogP contribution in [0.4, 0.5) is 0 Å². The first-order chi connectivity index (χ1) is 12.5. The van der Waals surface area contributed by atoms with Crippen molar-refractivity contribution < 1.29 is 23.7 Å². The molecule has 6 nitrogen and oxygen atoms in total. The summed E-state index contributed by atoms with van der Waals surface area (Å²) in [5.41, 5.74) is 0.565. The highest BCUT2D eigenvalue weighted by atomic mass is 127. The molecule has 0 spiro atoms. The molecule has 0 fully saturated rings. The maximum absolute atomic E-state index is 12.7. The lowest BCUT2D eigenvalue weighted by molar-refractivity contribution is 0.0772. The molecule has 0 aromatic heterocycles. The summed E-state index contributed by atoms with van der Waals surface area (Å²) in [7, 11) is 6.47. The summed E-state index contributed by atoms with van der Waals surface area (Å²) < 4.78 is 22.1. The predicted molar refractivity (Wildman–Crippen MR) is 108 cm³/mol. The highest BCUT2D eigenvalue weighted by molar-refractivity contribution is 14.1. The molecule has 2 aromatic carbocycles. The fourth-order valence-corrected chi connectivity index (χ4v) is 2.97. The third-order valence-corrected chi connectivity index (χ3v) is 4.70. The Morgan fingerprint density at radius 3 is 2.12 bits per heavy atom. The van der Waals surface area contributed by atoms with E-state index in [0.29, 0.717) is 30.2 Å². The number of benzene rings is 2. The number of halogens is 1. The van der Waals surface area contributed by atoms with Gasteiger partial charge in [0.15, 0.2) is 11.5 Å². The first kappa shape index (κ1) is 20.2. The van der Waals surface area contributed by atoms with Gasteiger partial charge >= 0.3 is 0 Å². The van der Waals surface area contributed by atoms with Gasteiger partial charge in [0, 0.05) is 10.6 Å². The second-order valence-corrected chi connectivity index (χ2v) is 6.60. The van der Waals surface area contributed by atoms with E-state index in [2.05, 4.69) is 22.6 Å². The minimum atomic E-state index is -0.103. The zero-order chi connectivity index (χ0) is 19.1. The molecule has 2 aromatic rings. The predicted octanol–water partition coefficient (Wildman–Crippen LogP) is 3.47. The minimum absolute atomic E-state index is 0.103. The molecule has 0 aliphatic heterocycles. The Balaban J connectivity index is 1.98. The van der Waals surface area contributed by atoms with Crippen molar-refractivity contribution in [3.63, 3.8) is 0 Å². The maximum atomic E-state index is 12.7. The number of ether oxygens (including phenoxy) is 4. The minimum Gasteiger partial charge on any atom is -0.497 e. The quantitative estimate of drug-likeness (QED) is 0.552. The number of hydrogen-bond acceptors (Lipinski definition) is 5. The van der Waals surface area contributed by atoms with Gasteiger partial charge in [0.25, 0.3) is 5.91 Å². The van der Waals surface area contributed by atoms with E-state index in [9.17, 15) is 4.79 Å². The average molecular weight is 471 g/mol. The van der Waals surface area contributed by atoms with Crippen molar-refractivity contribution in [2.45, 2.75) is 0 Å². The van der Waals surface area contributed by atoms with Gasteiger partial charge in [-0.05, 0) is 59.0 Å². The Labute approximate surface area is 167 Å². The van der Waals surface area contributed by atoms with Gasteiger partial charge in [-0.3, -0.25) is 4.79 Å². The number of methoxy groups -OCH3 is 3. The Morgan fingerprint density at radius 2 is 1.54 bits per heavy atom. The lowest BCUT2D eigenvalue weighted by atomic mass is 10.1. The van der Waals surface area contributed by atoms with Crippen molar-refractivity contribution >= 4 is 28.5 Å². The largest absolute Gasteiger partial charge is 0.497 e. The van der Waals surface area contributed by atoms with Gasteiger partial charge in [0.1, 0.15) is 18.1 Å². The van der Waals surface area contributed by atoms with E-state index in [4.69, 9.17) is 18.9 Å². The monoisotopic (exact) mass is 471 g/mol. The summed E-state index contributed by atoms with van der Waals surface area (Å²) in [6.07, 6.45) is 0. The Kier molecular flexibility index (Phi) is 7.38. The molecule has 0 N–H and O–H groups in total. The Morgan fingerprint density at radius 1 is 0.962 bits per heavy atom. The molecule has 7 heteroatoms. The summed E-state index contributed by atoms with van der Waals surface area (Å²) in [5.74, 6) is 2.52. The molecule has 0 saturated carbocycles. The molecule has 2 rings (SSSR count). The van der Waals surface area contributed by atoms with Crippen LogP contribution < -0.4 is 18.9 Å². The number of carbonyl (C=O) groups is 1. The van der Waals surface area contributed by atoms with Crippen LogP contribution in [-0.4, -0.2) is 52.3 Å². The van der Waals surface area contributed by atoms with Crippen LogP contribution >= 0.6 is 22.6 Å².